The van der Waals surface area contributed by atoms with E-state index in [0.717, 1.165) is 11.1 Å². The van der Waals surface area contributed by atoms with Gasteiger partial charge in [-0.1, -0.05) is 30.0 Å². The maximum Gasteiger partial charge on any atom is 0.238 e. The molecule has 0 atom stereocenters. The van der Waals surface area contributed by atoms with Gasteiger partial charge in [-0.15, -0.1) is 0 Å². The molecular weight excluding hydrogens is 227 g/mol. The highest BCUT2D eigenvalue weighted by Crippen LogP contribution is 2.27. The summed E-state index contributed by atoms with van der Waals surface area (Å²) in [4.78, 5) is 8.50. The summed E-state index contributed by atoms with van der Waals surface area (Å²) in [7, 11) is 0. The van der Waals surface area contributed by atoms with Gasteiger partial charge in [-0.3, -0.25) is 5.43 Å². The van der Waals surface area contributed by atoms with Crippen LogP contribution in [0.25, 0.3) is 0 Å². The molecule has 0 aliphatic heterocycles. The molecule has 0 radical (unpaired) electrons. The van der Waals surface area contributed by atoms with Crippen molar-refractivity contribution in [2.24, 2.45) is 5.84 Å². The van der Waals surface area contributed by atoms with Crippen LogP contribution in [-0.2, 0) is 0 Å². The Bertz CT molecular complexity index is 478. The van der Waals surface area contributed by atoms with Crippen molar-refractivity contribution in [1.82, 2.24) is 9.97 Å². The maximum absolute atomic E-state index is 13.4. The van der Waals surface area contributed by atoms with E-state index in [2.05, 4.69) is 15.4 Å². The van der Waals surface area contributed by atoms with Crippen molar-refractivity contribution in [3.8, 4) is 0 Å². The largest absolute Gasteiger partial charge is 0.292 e. The van der Waals surface area contributed by atoms with Crippen molar-refractivity contribution in [3.05, 3.63) is 42.3 Å². The van der Waals surface area contributed by atoms with Crippen molar-refractivity contribution in [2.75, 3.05) is 5.43 Å². The van der Waals surface area contributed by atoms with Crippen LogP contribution in [0.2, 0.25) is 0 Å². The Labute approximate surface area is 96.1 Å². The molecule has 0 unspecified atom stereocenters. The van der Waals surface area contributed by atoms with Crippen LogP contribution in [0.1, 0.15) is 0 Å². The highest BCUT2D eigenvalue weighted by atomic mass is 32.2. The maximum atomic E-state index is 13.4. The SMILES string of the molecule is NNc1ncc(F)c(Sc2ccccc2)n1. The lowest BCUT2D eigenvalue weighted by Crippen LogP contribution is -2.11. The number of nitrogen functional groups attached to an aromatic ring is 1. The molecule has 0 spiro atoms. The average molecular weight is 236 g/mol. The summed E-state index contributed by atoms with van der Waals surface area (Å²) in [6.45, 7) is 0. The van der Waals surface area contributed by atoms with Crippen LogP contribution in [0.5, 0.6) is 0 Å². The first-order valence-electron chi connectivity index (χ1n) is 4.51. The molecule has 1 heterocycles. The topological polar surface area (TPSA) is 63.8 Å². The van der Waals surface area contributed by atoms with Gasteiger partial charge in [0.1, 0.15) is 5.03 Å². The number of anilines is 1. The lowest BCUT2D eigenvalue weighted by atomic mass is 10.4. The fraction of sp³-hybridized carbons (Fsp3) is 0. The van der Waals surface area contributed by atoms with Crippen LogP contribution in [0.4, 0.5) is 10.3 Å². The third-order valence-electron chi connectivity index (χ3n) is 1.80. The fourth-order valence-electron chi connectivity index (χ4n) is 1.09. The first-order chi connectivity index (χ1) is 7.79. The van der Waals surface area contributed by atoms with E-state index >= 15 is 0 Å². The summed E-state index contributed by atoms with van der Waals surface area (Å²) >= 11 is 1.22. The Balaban J connectivity index is 2.27. The van der Waals surface area contributed by atoms with E-state index in [-0.39, 0.29) is 11.0 Å². The van der Waals surface area contributed by atoms with Crippen molar-refractivity contribution in [2.45, 2.75) is 9.92 Å². The summed E-state index contributed by atoms with van der Waals surface area (Å²) < 4.78 is 13.4. The second-order valence-corrected chi connectivity index (χ2v) is 3.97. The van der Waals surface area contributed by atoms with Gasteiger partial charge in [-0.05, 0) is 12.1 Å². The molecule has 6 heteroatoms. The third kappa shape index (κ3) is 2.47. The lowest BCUT2D eigenvalue weighted by Gasteiger charge is -2.03. The number of benzene rings is 1. The summed E-state index contributed by atoms with van der Waals surface area (Å²) in [6, 6.07) is 9.41. The molecular formula is C10H9FN4S. The van der Waals surface area contributed by atoms with E-state index < -0.39 is 5.82 Å². The molecule has 0 fully saturated rings. The highest BCUT2D eigenvalue weighted by molar-refractivity contribution is 7.99. The molecule has 4 nitrogen and oxygen atoms in total. The zero-order valence-corrected chi connectivity index (χ0v) is 9.04. The minimum absolute atomic E-state index is 0.194. The van der Waals surface area contributed by atoms with Crippen molar-refractivity contribution in [1.29, 1.82) is 0 Å². The quantitative estimate of drug-likeness (QED) is 0.485. The number of aromatic nitrogens is 2. The average Bonchev–Trinajstić information content (AvgIpc) is 2.33. The monoisotopic (exact) mass is 236 g/mol. The Kier molecular flexibility index (Phi) is 3.33. The minimum atomic E-state index is -0.465. The molecule has 2 rings (SSSR count). The van der Waals surface area contributed by atoms with Gasteiger partial charge in [0.25, 0.3) is 0 Å². The van der Waals surface area contributed by atoms with Gasteiger partial charge in [0.15, 0.2) is 5.82 Å². The Morgan fingerprint density at radius 3 is 2.69 bits per heavy atom. The van der Waals surface area contributed by atoms with Crippen LogP contribution in [0, 0.1) is 5.82 Å². The molecule has 1 aromatic heterocycles. The van der Waals surface area contributed by atoms with Gasteiger partial charge in [0, 0.05) is 4.90 Å². The van der Waals surface area contributed by atoms with Crippen LogP contribution in [0.15, 0.2) is 46.5 Å². The second kappa shape index (κ2) is 4.91. The Hall–Kier alpha value is -1.66. The first-order valence-corrected chi connectivity index (χ1v) is 5.33. The van der Waals surface area contributed by atoms with E-state index in [1.807, 2.05) is 30.3 Å². The van der Waals surface area contributed by atoms with Crippen LogP contribution in [-0.4, -0.2) is 9.97 Å². The normalized spacial score (nSPS) is 10.1. The van der Waals surface area contributed by atoms with Crippen LogP contribution in [0.3, 0.4) is 0 Å². The summed E-state index contributed by atoms with van der Waals surface area (Å²) in [6.07, 6.45) is 1.09. The van der Waals surface area contributed by atoms with Gasteiger partial charge >= 0.3 is 0 Å². The third-order valence-corrected chi connectivity index (χ3v) is 2.79. The minimum Gasteiger partial charge on any atom is -0.292 e. The smallest absolute Gasteiger partial charge is 0.238 e. The molecule has 0 aliphatic rings. The molecule has 82 valence electrons. The van der Waals surface area contributed by atoms with E-state index in [0.29, 0.717) is 0 Å². The van der Waals surface area contributed by atoms with E-state index in [1.54, 1.807) is 0 Å². The molecule has 1 aromatic carbocycles. The number of nitrogens with zero attached hydrogens (tertiary/aromatic N) is 2. The van der Waals surface area contributed by atoms with Gasteiger partial charge in [-0.2, -0.15) is 0 Å². The van der Waals surface area contributed by atoms with E-state index in [9.17, 15) is 4.39 Å². The number of nitrogens with one attached hydrogen (secondary N) is 1. The van der Waals surface area contributed by atoms with Gasteiger partial charge < -0.3 is 0 Å². The van der Waals surface area contributed by atoms with Gasteiger partial charge in [-0.25, -0.2) is 20.2 Å². The predicted molar refractivity (Wildman–Crippen MR) is 60.4 cm³/mol. The summed E-state index contributed by atoms with van der Waals surface area (Å²) in [5.74, 6) is 4.88. The summed E-state index contributed by atoms with van der Waals surface area (Å²) in [5.41, 5.74) is 2.28. The summed E-state index contributed by atoms with van der Waals surface area (Å²) in [5, 5.41) is 0.245. The number of hydrazine groups is 1. The fourth-order valence-corrected chi connectivity index (χ4v) is 1.89. The molecule has 0 bridgehead atoms. The molecule has 0 amide bonds. The number of halogens is 1. The van der Waals surface area contributed by atoms with E-state index in [1.165, 1.54) is 11.8 Å². The van der Waals surface area contributed by atoms with Crippen LogP contribution < -0.4 is 11.3 Å². The lowest BCUT2D eigenvalue weighted by molar-refractivity contribution is 0.580. The van der Waals surface area contributed by atoms with Crippen LogP contribution >= 0.6 is 11.8 Å². The molecule has 16 heavy (non-hydrogen) atoms. The number of hydrogen-bond donors (Lipinski definition) is 2. The zero-order valence-electron chi connectivity index (χ0n) is 8.22. The number of hydrogen-bond acceptors (Lipinski definition) is 5. The molecule has 2 aromatic rings. The van der Waals surface area contributed by atoms with Crippen molar-refractivity contribution >= 4 is 17.7 Å². The Morgan fingerprint density at radius 2 is 2.00 bits per heavy atom. The standard InChI is InChI=1S/C10H9FN4S/c11-8-6-13-10(15-12)14-9(8)16-7-4-2-1-3-5-7/h1-6H,12H2,(H,13,14,15). The number of nitrogens with two attached hydrogens (primary N) is 1. The van der Waals surface area contributed by atoms with E-state index in [4.69, 9.17) is 5.84 Å². The molecule has 0 saturated heterocycles. The first kappa shape index (κ1) is 10.8. The van der Waals surface area contributed by atoms with Gasteiger partial charge in [0.2, 0.25) is 5.95 Å². The molecule has 0 aliphatic carbocycles. The number of rotatable bonds is 3. The van der Waals surface area contributed by atoms with Crippen molar-refractivity contribution in [3.63, 3.8) is 0 Å². The highest BCUT2D eigenvalue weighted by Gasteiger charge is 2.07. The second-order valence-electron chi connectivity index (χ2n) is 2.91. The van der Waals surface area contributed by atoms with Crippen molar-refractivity contribution < 1.29 is 4.39 Å². The Morgan fingerprint density at radius 1 is 1.25 bits per heavy atom. The predicted octanol–water partition coefficient (Wildman–Crippen LogP) is 2.05. The zero-order chi connectivity index (χ0) is 11.4. The molecule has 3 N–H and O–H groups in total. The van der Waals surface area contributed by atoms with Gasteiger partial charge in [0.05, 0.1) is 6.20 Å². The molecule has 0 saturated carbocycles.